The van der Waals surface area contributed by atoms with Crippen molar-refractivity contribution in [1.29, 1.82) is 0 Å². The first-order valence-corrected chi connectivity index (χ1v) is 11.7. The monoisotopic (exact) mass is 411 g/mol. The number of fused-ring (bicyclic) bond motifs is 2. The summed E-state index contributed by atoms with van der Waals surface area (Å²) in [6.45, 7) is 16.0. The van der Waals surface area contributed by atoms with Gasteiger partial charge in [0.15, 0.2) is 0 Å². The van der Waals surface area contributed by atoms with E-state index in [1.165, 1.54) is 44.2 Å². The van der Waals surface area contributed by atoms with E-state index in [0.29, 0.717) is 11.8 Å². The lowest BCUT2D eigenvalue weighted by atomic mass is 9.75. The van der Waals surface area contributed by atoms with E-state index in [0.717, 1.165) is 29.7 Å². The number of aryl methyl sites for hydroxylation is 1. The summed E-state index contributed by atoms with van der Waals surface area (Å²) in [6, 6.07) is 11.5. The SMILES string of the molecule is Cc1ccc2c(c1)C(C)(C)c1ccc(CC(C)C)c3oc4c(CC(C)C)cnc-2c4c13. The Kier molecular flexibility index (Phi) is 4.55. The van der Waals surface area contributed by atoms with E-state index in [1.807, 2.05) is 0 Å². The molecule has 31 heavy (non-hydrogen) atoms. The van der Waals surface area contributed by atoms with Gasteiger partial charge in [0.1, 0.15) is 11.2 Å². The molecule has 0 N–H and O–H groups in total. The second kappa shape index (κ2) is 6.95. The predicted molar refractivity (Wildman–Crippen MR) is 131 cm³/mol. The standard InChI is InChI=1S/C29H33NO/c1-16(2)12-19-9-11-22-24-25-26(21-10-8-18(5)14-23(21)29(22,6)7)30-15-20(13-17(3)4)28(25)31-27(19)24/h8-11,14-17H,12-13H2,1-7H3. The number of hydrogen-bond donors (Lipinski definition) is 0. The number of furan rings is 1. The maximum atomic E-state index is 6.77. The summed E-state index contributed by atoms with van der Waals surface area (Å²) in [7, 11) is 0. The first-order valence-electron chi connectivity index (χ1n) is 11.7. The minimum atomic E-state index is -0.133. The van der Waals surface area contributed by atoms with Gasteiger partial charge in [-0.25, -0.2) is 0 Å². The first-order chi connectivity index (χ1) is 14.7. The average molecular weight is 412 g/mol. The Bertz CT molecular complexity index is 1320. The second-order valence-electron chi connectivity index (χ2n) is 10.8. The van der Waals surface area contributed by atoms with Crippen LogP contribution in [-0.4, -0.2) is 4.98 Å². The molecule has 2 nitrogen and oxygen atoms in total. The number of nitrogens with zero attached hydrogens (tertiary/aromatic N) is 1. The van der Waals surface area contributed by atoms with Gasteiger partial charge in [0.2, 0.25) is 0 Å². The van der Waals surface area contributed by atoms with Crippen molar-refractivity contribution in [2.24, 2.45) is 11.8 Å². The molecule has 160 valence electrons. The van der Waals surface area contributed by atoms with Crippen LogP contribution >= 0.6 is 0 Å². The summed E-state index contributed by atoms with van der Waals surface area (Å²) in [5.74, 6) is 1.13. The molecule has 2 aromatic heterocycles. The van der Waals surface area contributed by atoms with Gasteiger partial charge < -0.3 is 4.42 Å². The molecule has 0 spiro atoms. The topological polar surface area (TPSA) is 26.0 Å². The van der Waals surface area contributed by atoms with E-state index in [9.17, 15) is 0 Å². The van der Waals surface area contributed by atoms with Crippen LogP contribution in [0.1, 0.15) is 69.4 Å². The highest BCUT2D eigenvalue weighted by atomic mass is 16.3. The minimum Gasteiger partial charge on any atom is -0.455 e. The highest BCUT2D eigenvalue weighted by Gasteiger charge is 2.35. The van der Waals surface area contributed by atoms with Crippen LogP contribution < -0.4 is 0 Å². The van der Waals surface area contributed by atoms with Crippen molar-refractivity contribution in [3.8, 4) is 11.3 Å². The Morgan fingerprint density at radius 3 is 2.23 bits per heavy atom. The summed E-state index contributed by atoms with van der Waals surface area (Å²) < 4.78 is 6.77. The molecule has 0 radical (unpaired) electrons. The molecule has 0 saturated carbocycles. The zero-order chi connectivity index (χ0) is 22.1. The van der Waals surface area contributed by atoms with Crippen molar-refractivity contribution in [3.05, 3.63) is 64.3 Å². The third-order valence-corrected chi connectivity index (χ3v) is 6.83. The van der Waals surface area contributed by atoms with Gasteiger partial charge in [-0.15, -0.1) is 0 Å². The molecule has 0 aliphatic heterocycles. The number of pyridine rings is 1. The van der Waals surface area contributed by atoms with Gasteiger partial charge >= 0.3 is 0 Å². The van der Waals surface area contributed by atoms with E-state index < -0.39 is 0 Å². The lowest BCUT2D eigenvalue weighted by Gasteiger charge is -2.28. The van der Waals surface area contributed by atoms with E-state index in [1.54, 1.807) is 0 Å². The Hall–Kier alpha value is -2.61. The zero-order valence-corrected chi connectivity index (χ0v) is 19.9. The highest BCUT2D eigenvalue weighted by Crippen LogP contribution is 2.50. The molecule has 1 aliphatic rings. The third kappa shape index (κ3) is 3.03. The Labute approximate surface area is 185 Å². The van der Waals surface area contributed by atoms with Crippen LogP contribution in [0.3, 0.4) is 0 Å². The molecular formula is C29H33NO. The number of rotatable bonds is 4. The van der Waals surface area contributed by atoms with Crippen LogP contribution in [0.5, 0.6) is 0 Å². The van der Waals surface area contributed by atoms with Crippen molar-refractivity contribution in [3.63, 3.8) is 0 Å². The minimum absolute atomic E-state index is 0.133. The van der Waals surface area contributed by atoms with Gasteiger partial charge in [0.05, 0.1) is 11.1 Å². The third-order valence-electron chi connectivity index (χ3n) is 6.83. The average Bonchev–Trinajstić information content (AvgIpc) is 3.06. The molecule has 5 rings (SSSR count). The molecule has 0 unspecified atom stereocenters. The van der Waals surface area contributed by atoms with Crippen LogP contribution in [0.25, 0.3) is 33.2 Å². The fourth-order valence-corrected chi connectivity index (χ4v) is 5.41. The molecule has 4 aromatic rings. The molecular weight excluding hydrogens is 378 g/mol. The van der Waals surface area contributed by atoms with Crippen molar-refractivity contribution in [1.82, 2.24) is 4.98 Å². The van der Waals surface area contributed by atoms with Crippen molar-refractivity contribution >= 4 is 21.9 Å². The predicted octanol–water partition coefficient (Wildman–Crippen LogP) is 7.99. The first kappa shape index (κ1) is 20.3. The van der Waals surface area contributed by atoms with E-state index in [2.05, 4.69) is 85.0 Å². The van der Waals surface area contributed by atoms with Gasteiger partial charge in [0, 0.05) is 28.1 Å². The summed E-state index contributed by atoms with van der Waals surface area (Å²) in [5, 5.41) is 2.49. The molecule has 2 aromatic carbocycles. The molecule has 0 saturated heterocycles. The van der Waals surface area contributed by atoms with Crippen LogP contribution in [-0.2, 0) is 18.3 Å². The smallest absolute Gasteiger partial charge is 0.142 e. The van der Waals surface area contributed by atoms with Crippen LogP contribution in [0.2, 0.25) is 0 Å². The lowest BCUT2D eigenvalue weighted by molar-refractivity contribution is 0.605. The molecule has 2 heterocycles. The van der Waals surface area contributed by atoms with E-state index in [-0.39, 0.29) is 5.41 Å². The molecule has 1 aliphatic carbocycles. The Morgan fingerprint density at radius 2 is 1.52 bits per heavy atom. The van der Waals surface area contributed by atoms with E-state index >= 15 is 0 Å². The highest BCUT2D eigenvalue weighted by molar-refractivity contribution is 6.16. The summed E-state index contributed by atoms with van der Waals surface area (Å²) in [6.07, 6.45) is 4.05. The largest absolute Gasteiger partial charge is 0.455 e. The maximum Gasteiger partial charge on any atom is 0.142 e. The van der Waals surface area contributed by atoms with Crippen LogP contribution in [0.15, 0.2) is 40.9 Å². The summed E-state index contributed by atoms with van der Waals surface area (Å²) in [5.41, 5.74) is 10.8. The maximum absolute atomic E-state index is 6.77. The quantitative estimate of drug-likeness (QED) is 0.340. The van der Waals surface area contributed by atoms with E-state index in [4.69, 9.17) is 9.40 Å². The lowest BCUT2D eigenvalue weighted by Crippen LogP contribution is -2.20. The normalized spacial score (nSPS) is 14.7. The van der Waals surface area contributed by atoms with Gasteiger partial charge in [0.25, 0.3) is 0 Å². The molecule has 0 atom stereocenters. The van der Waals surface area contributed by atoms with Crippen molar-refractivity contribution < 1.29 is 4.42 Å². The fourth-order valence-electron chi connectivity index (χ4n) is 5.41. The van der Waals surface area contributed by atoms with Crippen LogP contribution in [0.4, 0.5) is 0 Å². The van der Waals surface area contributed by atoms with Gasteiger partial charge in [-0.1, -0.05) is 77.4 Å². The molecule has 2 heteroatoms. The summed E-state index contributed by atoms with van der Waals surface area (Å²) in [4.78, 5) is 5.07. The molecule has 0 bridgehead atoms. The fraction of sp³-hybridized carbons (Fsp3) is 0.414. The molecule has 0 fully saturated rings. The zero-order valence-electron chi connectivity index (χ0n) is 19.9. The summed E-state index contributed by atoms with van der Waals surface area (Å²) >= 11 is 0. The second-order valence-corrected chi connectivity index (χ2v) is 10.8. The van der Waals surface area contributed by atoms with Crippen LogP contribution in [0, 0.1) is 18.8 Å². The van der Waals surface area contributed by atoms with Crippen molar-refractivity contribution in [2.75, 3.05) is 0 Å². The Morgan fingerprint density at radius 1 is 0.839 bits per heavy atom. The number of benzene rings is 2. The number of hydrogen-bond acceptors (Lipinski definition) is 2. The number of aromatic nitrogens is 1. The molecule has 0 amide bonds. The van der Waals surface area contributed by atoms with Gasteiger partial charge in [-0.2, -0.15) is 0 Å². The van der Waals surface area contributed by atoms with Gasteiger partial charge in [-0.05, 0) is 48.3 Å². The van der Waals surface area contributed by atoms with Crippen molar-refractivity contribution in [2.45, 2.75) is 66.7 Å². The Balaban J connectivity index is 1.98. The van der Waals surface area contributed by atoms with Gasteiger partial charge in [-0.3, -0.25) is 4.98 Å².